The molecule has 0 amide bonds. The topological polar surface area (TPSA) is 91.0 Å². The molecular weight excluding hydrogens is 278 g/mol. The highest BCUT2D eigenvalue weighted by Crippen LogP contribution is 2.40. The summed E-state index contributed by atoms with van der Waals surface area (Å²) in [7, 11) is 4.49. The van der Waals surface area contributed by atoms with Crippen LogP contribution in [-0.2, 0) is 0 Å². The molecule has 1 heterocycles. The maximum absolute atomic E-state index is 11.0. The lowest BCUT2D eigenvalue weighted by molar-refractivity contribution is 0.0662. The number of aryl methyl sites for hydroxylation is 1. The first-order valence-electron chi connectivity index (χ1n) is 6.03. The second-order valence-electron chi connectivity index (χ2n) is 4.15. The largest absolute Gasteiger partial charge is 0.496 e. The Labute approximate surface area is 121 Å². The number of aromatic carboxylic acids is 1. The SMILES string of the molecule is COc1cc(OC)c(-c2nc(C)c(C(=O)O)o2)cc1OC. The highest BCUT2D eigenvalue weighted by Gasteiger charge is 2.21. The summed E-state index contributed by atoms with van der Waals surface area (Å²) in [5.74, 6) is 0.141. The molecule has 0 saturated heterocycles. The number of nitrogens with zero attached hydrogens (tertiary/aromatic N) is 1. The van der Waals surface area contributed by atoms with Gasteiger partial charge in [-0.15, -0.1) is 0 Å². The van der Waals surface area contributed by atoms with Crippen LogP contribution in [0.3, 0.4) is 0 Å². The molecular formula is C14H15NO6. The van der Waals surface area contributed by atoms with E-state index in [0.29, 0.717) is 22.8 Å². The van der Waals surface area contributed by atoms with Crippen LogP contribution in [-0.4, -0.2) is 37.4 Å². The smallest absolute Gasteiger partial charge is 0.373 e. The predicted octanol–water partition coefficient (Wildman–Crippen LogP) is 2.37. The Morgan fingerprint density at radius 2 is 1.67 bits per heavy atom. The molecule has 0 radical (unpaired) electrons. The summed E-state index contributed by atoms with van der Waals surface area (Å²) in [6.45, 7) is 1.56. The average molecular weight is 293 g/mol. The van der Waals surface area contributed by atoms with Crippen molar-refractivity contribution in [3.05, 3.63) is 23.6 Å². The third-order valence-corrected chi connectivity index (χ3v) is 2.93. The average Bonchev–Trinajstić information content (AvgIpc) is 2.87. The van der Waals surface area contributed by atoms with E-state index in [1.165, 1.54) is 21.3 Å². The fourth-order valence-corrected chi connectivity index (χ4v) is 1.91. The van der Waals surface area contributed by atoms with Crippen LogP contribution >= 0.6 is 0 Å². The normalized spacial score (nSPS) is 10.3. The second kappa shape index (κ2) is 5.74. The molecule has 7 heteroatoms. The van der Waals surface area contributed by atoms with E-state index in [1.54, 1.807) is 19.1 Å². The number of methoxy groups -OCH3 is 3. The third-order valence-electron chi connectivity index (χ3n) is 2.93. The first kappa shape index (κ1) is 14.7. The summed E-state index contributed by atoms with van der Waals surface area (Å²) in [5, 5.41) is 9.03. The van der Waals surface area contributed by atoms with Gasteiger partial charge >= 0.3 is 5.97 Å². The van der Waals surface area contributed by atoms with E-state index in [1.807, 2.05) is 0 Å². The van der Waals surface area contributed by atoms with Crippen molar-refractivity contribution in [2.45, 2.75) is 6.92 Å². The highest BCUT2D eigenvalue weighted by molar-refractivity contribution is 5.86. The molecule has 0 aliphatic heterocycles. The molecule has 2 aromatic rings. The third kappa shape index (κ3) is 2.62. The van der Waals surface area contributed by atoms with Gasteiger partial charge in [0.2, 0.25) is 11.7 Å². The maximum atomic E-state index is 11.0. The Morgan fingerprint density at radius 1 is 1.10 bits per heavy atom. The Balaban J connectivity index is 2.62. The number of ether oxygens (including phenoxy) is 3. The molecule has 1 aromatic carbocycles. The zero-order chi connectivity index (χ0) is 15.6. The van der Waals surface area contributed by atoms with Gasteiger partial charge in [0, 0.05) is 12.1 Å². The lowest BCUT2D eigenvalue weighted by Crippen LogP contribution is -1.95. The number of carbonyl (C=O) groups is 1. The second-order valence-corrected chi connectivity index (χ2v) is 4.15. The Bertz CT molecular complexity index is 676. The molecule has 2 rings (SSSR count). The van der Waals surface area contributed by atoms with Crippen molar-refractivity contribution in [1.82, 2.24) is 4.98 Å². The van der Waals surface area contributed by atoms with E-state index in [2.05, 4.69) is 4.98 Å². The predicted molar refractivity (Wildman–Crippen MR) is 73.3 cm³/mol. The van der Waals surface area contributed by atoms with E-state index in [4.69, 9.17) is 23.7 Å². The minimum Gasteiger partial charge on any atom is -0.496 e. The fourth-order valence-electron chi connectivity index (χ4n) is 1.91. The van der Waals surface area contributed by atoms with Gasteiger partial charge in [0.15, 0.2) is 11.5 Å². The van der Waals surface area contributed by atoms with Gasteiger partial charge in [0.1, 0.15) is 5.75 Å². The molecule has 0 spiro atoms. The molecule has 21 heavy (non-hydrogen) atoms. The van der Waals surface area contributed by atoms with Crippen LogP contribution in [0, 0.1) is 6.92 Å². The van der Waals surface area contributed by atoms with E-state index >= 15 is 0 Å². The molecule has 1 N–H and O–H groups in total. The number of hydrogen-bond acceptors (Lipinski definition) is 6. The number of rotatable bonds is 5. The van der Waals surface area contributed by atoms with Crippen molar-refractivity contribution in [1.29, 1.82) is 0 Å². The van der Waals surface area contributed by atoms with Gasteiger partial charge in [-0.3, -0.25) is 0 Å². The van der Waals surface area contributed by atoms with E-state index in [9.17, 15) is 4.79 Å². The van der Waals surface area contributed by atoms with Crippen LogP contribution in [0.15, 0.2) is 16.5 Å². The molecule has 0 bridgehead atoms. The van der Waals surface area contributed by atoms with Crippen LogP contribution in [0.5, 0.6) is 17.2 Å². The quantitative estimate of drug-likeness (QED) is 0.904. The summed E-state index contributed by atoms with van der Waals surface area (Å²) < 4.78 is 21.0. The van der Waals surface area contributed by atoms with Crippen molar-refractivity contribution in [3.63, 3.8) is 0 Å². The van der Waals surface area contributed by atoms with Crippen molar-refractivity contribution in [3.8, 4) is 28.7 Å². The van der Waals surface area contributed by atoms with E-state index in [-0.39, 0.29) is 17.3 Å². The van der Waals surface area contributed by atoms with Gasteiger partial charge in [0.25, 0.3) is 0 Å². The minimum atomic E-state index is -1.18. The summed E-state index contributed by atoms with van der Waals surface area (Å²) in [6.07, 6.45) is 0. The molecule has 1 aromatic heterocycles. The fraction of sp³-hybridized carbons (Fsp3) is 0.286. The summed E-state index contributed by atoms with van der Waals surface area (Å²) in [4.78, 5) is 15.2. The van der Waals surface area contributed by atoms with Gasteiger partial charge < -0.3 is 23.7 Å². The number of hydrogen-bond donors (Lipinski definition) is 1. The van der Waals surface area contributed by atoms with Crippen molar-refractivity contribution in [2.75, 3.05) is 21.3 Å². The molecule has 112 valence electrons. The Morgan fingerprint density at radius 3 is 2.14 bits per heavy atom. The molecule has 7 nitrogen and oxygen atoms in total. The van der Waals surface area contributed by atoms with Crippen molar-refractivity contribution >= 4 is 5.97 Å². The summed E-state index contributed by atoms with van der Waals surface area (Å²) in [5.41, 5.74) is 0.764. The molecule has 0 fully saturated rings. The molecule has 0 unspecified atom stereocenters. The molecule has 0 saturated carbocycles. The van der Waals surface area contributed by atoms with Gasteiger partial charge in [-0.05, 0) is 6.92 Å². The van der Waals surface area contributed by atoms with Crippen molar-refractivity contribution in [2.24, 2.45) is 0 Å². The van der Waals surface area contributed by atoms with E-state index < -0.39 is 5.97 Å². The lowest BCUT2D eigenvalue weighted by Gasteiger charge is -2.12. The highest BCUT2D eigenvalue weighted by atomic mass is 16.5. The number of benzene rings is 1. The monoisotopic (exact) mass is 293 g/mol. The summed E-state index contributed by atoms with van der Waals surface area (Å²) in [6, 6.07) is 3.24. The zero-order valence-corrected chi connectivity index (χ0v) is 12.1. The lowest BCUT2D eigenvalue weighted by atomic mass is 10.1. The van der Waals surface area contributed by atoms with Crippen LogP contribution < -0.4 is 14.2 Å². The molecule has 0 atom stereocenters. The van der Waals surface area contributed by atoms with Crippen LogP contribution in [0.25, 0.3) is 11.5 Å². The molecule has 0 aliphatic rings. The molecule has 0 aliphatic carbocycles. The Hall–Kier alpha value is -2.70. The standard InChI is InChI=1S/C14H15NO6/c1-7-12(14(16)17)21-13(15-7)8-5-10(19-3)11(20-4)6-9(8)18-2/h5-6H,1-4H3,(H,16,17). The van der Waals surface area contributed by atoms with Gasteiger partial charge in [-0.25, -0.2) is 9.78 Å². The van der Waals surface area contributed by atoms with Gasteiger partial charge in [0.05, 0.1) is 32.6 Å². The minimum absolute atomic E-state index is 0.141. The van der Waals surface area contributed by atoms with Crippen LogP contribution in [0.4, 0.5) is 0 Å². The summed E-state index contributed by atoms with van der Waals surface area (Å²) >= 11 is 0. The van der Waals surface area contributed by atoms with Crippen LogP contribution in [0.2, 0.25) is 0 Å². The van der Waals surface area contributed by atoms with Gasteiger partial charge in [-0.2, -0.15) is 0 Å². The number of aromatic nitrogens is 1. The number of carboxylic acid groups (broad SMARTS) is 1. The Kier molecular flexibility index (Phi) is 4.02. The number of carboxylic acids is 1. The first-order chi connectivity index (χ1) is 10.0. The number of oxazole rings is 1. The van der Waals surface area contributed by atoms with Crippen molar-refractivity contribution < 1.29 is 28.5 Å². The van der Waals surface area contributed by atoms with E-state index in [0.717, 1.165) is 0 Å². The van der Waals surface area contributed by atoms with Crippen LogP contribution in [0.1, 0.15) is 16.2 Å². The maximum Gasteiger partial charge on any atom is 0.373 e. The first-order valence-corrected chi connectivity index (χ1v) is 6.03. The van der Waals surface area contributed by atoms with Gasteiger partial charge in [-0.1, -0.05) is 0 Å². The zero-order valence-electron chi connectivity index (χ0n) is 12.1.